The molecule has 18 heavy (non-hydrogen) atoms. The number of esters is 1. The predicted molar refractivity (Wildman–Crippen MR) is 53.0 cm³/mol. The lowest BCUT2D eigenvalue weighted by molar-refractivity contribution is -0.294. The minimum Gasteiger partial charge on any atom is -0.431 e. The van der Waals surface area contributed by atoms with E-state index in [4.69, 9.17) is 20.1 Å². The van der Waals surface area contributed by atoms with Crippen molar-refractivity contribution in [2.24, 2.45) is 0 Å². The fourth-order valence-electron chi connectivity index (χ4n) is 1.43. The van der Waals surface area contributed by atoms with E-state index < -0.39 is 56.0 Å². The van der Waals surface area contributed by atoms with Gasteiger partial charge in [0, 0.05) is 0 Å². The van der Waals surface area contributed by atoms with Gasteiger partial charge in [-0.1, -0.05) is 0 Å². The first kappa shape index (κ1) is 15.2. The smallest absolute Gasteiger partial charge is 0.339 e. The van der Waals surface area contributed by atoms with Crippen LogP contribution >= 0.6 is 0 Å². The maximum Gasteiger partial charge on any atom is 0.339 e. The van der Waals surface area contributed by atoms with Gasteiger partial charge in [0.1, 0.15) is 24.4 Å². The molecule has 0 aromatic heterocycles. The van der Waals surface area contributed by atoms with E-state index in [0.717, 1.165) is 0 Å². The van der Waals surface area contributed by atoms with E-state index in [1.54, 1.807) is 0 Å². The number of aliphatic hydroxyl groups excluding tert-OH is 6. The molecule has 1 rings (SSSR count). The second-order valence-electron chi connectivity index (χ2n) is 3.83. The first-order chi connectivity index (χ1) is 8.42. The number of aliphatic hydroxyl groups is 6. The van der Waals surface area contributed by atoms with Crippen LogP contribution in [0, 0.1) is 0 Å². The second-order valence-corrected chi connectivity index (χ2v) is 3.83. The molecular weight excluding hydrogens is 252 g/mol. The summed E-state index contributed by atoms with van der Waals surface area (Å²) in [5.74, 6) is -1.26. The van der Waals surface area contributed by atoms with Crippen LogP contribution in [-0.4, -0.2) is 86.6 Å². The van der Waals surface area contributed by atoms with Crippen LogP contribution in [0.25, 0.3) is 0 Å². The van der Waals surface area contributed by atoms with Crippen LogP contribution in [0.4, 0.5) is 0 Å². The van der Waals surface area contributed by atoms with E-state index in [9.17, 15) is 20.1 Å². The van der Waals surface area contributed by atoms with Crippen LogP contribution in [0.1, 0.15) is 0 Å². The van der Waals surface area contributed by atoms with E-state index in [1.807, 2.05) is 0 Å². The van der Waals surface area contributed by atoms with Gasteiger partial charge < -0.3 is 40.1 Å². The van der Waals surface area contributed by atoms with Crippen molar-refractivity contribution < 1.29 is 44.9 Å². The standard InChI is InChI=1S/C9H16O9/c10-1-3(12)8(16)18-9-7(15)6(14)5(13)4(2-11)17-9/h3-7,9-15H,1-2H2/t3?,4-,5+,6+,7-,9?/m0/s1. The molecule has 6 N–H and O–H groups in total. The zero-order chi connectivity index (χ0) is 13.9. The van der Waals surface area contributed by atoms with Crippen LogP contribution in [0.15, 0.2) is 0 Å². The first-order valence-corrected chi connectivity index (χ1v) is 5.22. The molecule has 9 nitrogen and oxygen atoms in total. The SMILES string of the molecule is O=C(OC1O[C@@H](CO)[C@@H](O)[C@@H](O)[C@@H]1O)C(O)CO. The molecule has 0 bridgehead atoms. The summed E-state index contributed by atoms with van der Waals surface area (Å²) in [7, 11) is 0. The van der Waals surface area contributed by atoms with Crippen molar-refractivity contribution in [3.63, 3.8) is 0 Å². The van der Waals surface area contributed by atoms with Crippen molar-refractivity contribution in [1.82, 2.24) is 0 Å². The number of hydrogen-bond donors (Lipinski definition) is 6. The summed E-state index contributed by atoms with van der Waals surface area (Å²) in [4.78, 5) is 11.1. The van der Waals surface area contributed by atoms with Gasteiger partial charge in [0.05, 0.1) is 13.2 Å². The summed E-state index contributed by atoms with van der Waals surface area (Å²) < 4.78 is 9.35. The highest BCUT2D eigenvalue weighted by Crippen LogP contribution is 2.22. The van der Waals surface area contributed by atoms with Crippen molar-refractivity contribution >= 4 is 5.97 Å². The van der Waals surface area contributed by atoms with E-state index in [2.05, 4.69) is 4.74 Å². The first-order valence-electron chi connectivity index (χ1n) is 5.22. The van der Waals surface area contributed by atoms with Crippen molar-refractivity contribution in [3.8, 4) is 0 Å². The molecule has 2 unspecified atom stereocenters. The normalized spacial score (nSPS) is 38.2. The quantitative estimate of drug-likeness (QED) is 0.277. The summed E-state index contributed by atoms with van der Waals surface area (Å²) in [6.45, 7) is -1.54. The Bertz CT molecular complexity index is 281. The zero-order valence-electron chi connectivity index (χ0n) is 9.29. The van der Waals surface area contributed by atoms with Crippen molar-refractivity contribution in [1.29, 1.82) is 0 Å². The summed E-state index contributed by atoms with van der Waals surface area (Å²) >= 11 is 0. The lowest BCUT2D eigenvalue weighted by Gasteiger charge is -2.39. The Morgan fingerprint density at radius 2 is 1.78 bits per heavy atom. The van der Waals surface area contributed by atoms with Crippen molar-refractivity contribution in [2.75, 3.05) is 13.2 Å². The van der Waals surface area contributed by atoms with Crippen LogP contribution < -0.4 is 0 Å². The van der Waals surface area contributed by atoms with Gasteiger partial charge in [0.2, 0.25) is 6.29 Å². The molecule has 0 spiro atoms. The highest BCUT2D eigenvalue weighted by Gasteiger charge is 2.45. The molecule has 6 atom stereocenters. The summed E-state index contributed by atoms with van der Waals surface area (Å²) in [6, 6.07) is 0. The van der Waals surface area contributed by atoms with Gasteiger partial charge in [-0.25, -0.2) is 4.79 Å². The molecule has 1 heterocycles. The van der Waals surface area contributed by atoms with Gasteiger partial charge in [0.25, 0.3) is 0 Å². The maximum atomic E-state index is 11.1. The van der Waals surface area contributed by atoms with E-state index in [1.165, 1.54) is 0 Å². The average molecular weight is 268 g/mol. The fraction of sp³-hybridized carbons (Fsp3) is 0.889. The average Bonchev–Trinajstić information content (AvgIpc) is 2.38. The zero-order valence-corrected chi connectivity index (χ0v) is 9.29. The predicted octanol–water partition coefficient (Wildman–Crippen LogP) is -4.32. The number of carbonyl (C=O) groups is 1. The molecular formula is C9H16O9. The third kappa shape index (κ3) is 3.14. The highest BCUT2D eigenvalue weighted by molar-refractivity contribution is 5.74. The Balaban J connectivity index is 2.67. The molecule has 106 valence electrons. The Kier molecular flexibility index (Phi) is 5.41. The van der Waals surface area contributed by atoms with Crippen LogP contribution in [0.5, 0.6) is 0 Å². The summed E-state index contributed by atoms with van der Waals surface area (Å²) in [5.41, 5.74) is 0. The van der Waals surface area contributed by atoms with Gasteiger partial charge in [-0.2, -0.15) is 0 Å². The largest absolute Gasteiger partial charge is 0.431 e. The second kappa shape index (κ2) is 6.38. The topological polar surface area (TPSA) is 157 Å². The van der Waals surface area contributed by atoms with E-state index in [0.29, 0.717) is 0 Å². The number of ether oxygens (including phenoxy) is 2. The van der Waals surface area contributed by atoms with E-state index >= 15 is 0 Å². The lowest BCUT2D eigenvalue weighted by atomic mass is 9.99. The third-order valence-electron chi connectivity index (χ3n) is 2.53. The number of rotatable bonds is 4. The Hall–Kier alpha value is -0.810. The maximum absolute atomic E-state index is 11.1. The van der Waals surface area contributed by atoms with Gasteiger partial charge in [-0.3, -0.25) is 0 Å². The lowest BCUT2D eigenvalue weighted by Crippen LogP contribution is -2.59. The molecule has 1 saturated heterocycles. The molecule has 1 aliphatic rings. The molecule has 0 saturated carbocycles. The monoisotopic (exact) mass is 268 g/mol. The number of hydrogen-bond acceptors (Lipinski definition) is 9. The Morgan fingerprint density at radius 1 is 1.17 bits per heavy atom. The van der Waals surface area contributed by atoms with Gasteiger partial charge in [-0.15, -0.1) is 0 Å². The molecule has 1 fully saturated rings. The van der Waals surface area contributed by atoms with Crippen molar-refractivity contribution in [2.45, 2.75) is 36.8 Å². The van der Waals surface area contributed by atoms with Crippen molar-refractivity contribution in [3.05, 3.63) is 0 Å². The Labute approximate surface area is 102 Å². The minimum absolute atomic E-state index is 0.665. The van der Waals surface area contributed by atoms with Crippen LogP contribution in [-0.2, 0) is 14.3 Å². The molecule has 9 heteroatoms. The molecule has 0 aliphatic carbocycles. The number of carbonyl (C=O) groups excluding carboxylic acids is 1. The van der Waals surface area contributed by atoms with E-state index in [-0.39, 0.29) is 0 Å². The summed E-state index contributed by atoms with van der Waals surface area (Å²) in [6.07, 6.45) is -9.67. The summed E-state index contributed by atoms with van der Waals surface area (Å²) in [5, 5.41) is 54.6. The van der Waals surface area contributed by atoms with Gasteiger partial charge in [-0.05, 0) is 0 Å². The highest BCUT2D eigenvalue weighted by atomic mass is 16.7. The van der Waals surface area contributed by atoms with Gasteiger partial charge >= 0.3 is 5.97 Å². The molecule has 0 amide bonds. The fourth-order valence-corrected chi connectivity index (χ4v) is 1.43. The van der Waals surface area contributed by atoms with Gasteiger partial charge in [0.15, 0.2) is 6.10 Å². The van der Waals surface area contributed by atoms with Crippen LogP contribution in [0.3, 0.4) is 0 Å². The minimum atomic E-state index is -1.81. The Morgan fingerprint density at radius 3 is 2.28 bits per heavy atom. The van der Waals surface area contributed by atoms with Crippen LogP contribution in [0.2, 0.25) is 0 Å². The third-order valence-corrected chi connectivity index (χ3v) is 2.53. The molecule has 0 aromatic carbocycles. The molecule has 0 radical (unpaired) electrons. The molecule has 0 aromatic rings. The molecule has 1 aliphatic heterocycles.